The normalized spacial score (nSPS) is 22.7. The Kier molecular flexibility index (Phi) is 7.06. The molecule has 0 aromatic heterocycles. The number of anilines is 1. The van der Waals surface area contributed by atoms with E-state index in [-0.39, 0.29) is 41.1 Å². The van der Waals surface area contributed by atoms with Gasteiger partial charge in [0.1, 0.15) is 5.69 Å². The molecule has 2 atom stereocenters. The Morgan fingerprint density at radius 3 is 2.55 bits per heavy atom. The predicted molar refractivity (Wildman–Crippen MR) is 109 cm³/mol. The molecule has 1 N–H and O–H groups in total. The van der Waals surface area contributed by atoms with Crippen LogP contribution in [0.2, 0.25) is 0 Å². The third kappa shape index (κ3) is 5.46. The molecule has 8 heteroatoms. The molecular weight excluding hydrogens is 374 g/mol. The number of rotatable bonds is 6. The van der Waals surface area contributed by atoms with Crippen molar-refractivity contribution >= 4 is 23.3 Å². The van der Waals surface area contributed by atoms with E-state index < -0.39 is 0 Å². The first kappa shape index (κ1) is 21.1. The monoisotopic (exact) mass is 403 g/mol. The number of nitrogens with one attached hydrogen (secondary N) is 1. The van der Waals surface area contributed by atoms with Crippen LogP contribution in [0.3, 0.4) is 0 Å². The summed E-state index contributed by atoms with van der Waals surface area (Å²) in [6.45, 7) is 2.97. The van der Waals surface area contributed by atoms with Gasteiger partial charge in [0.05, 0.1) is 10.8 Å². The maximum absolute atomic E-state index is 12.3. The first-order valence-electron chi connectivity index (χ1n) is 10.4. The van der Waals surface area contributed by atoms with E-state index in [4.69, 9.17) is 4.74 Å². The van der Waals surface area contributed by atoms with Crippen LogP contribution >= 0.6 is 0 Å². The molecule has 0 spiro atoms. The lowest BCUT2D eigenvalue weighted by molar-refractivity contribution is -0.384. The lowest BCUT2D eigenvalue weighted by Crippen LogP contribution is -2.43. The van der Waals surface area contributed by atoms with E-state index in [9.17, 15) is 19.7 Å². The average Bonchev–Trinajstić information content (AvgIpc) is 2.74. The first-order chi connectivity index (χ1) is 14.0. The summed E-state index contributed by atoms with van der Waals surface area (Å²) < 4.78 is 5.25. The van der Waals surface area contributed by atoms with Gasteiger partial charge in [0.25, 0.3) is 11.6 Å². The zero-order valence-corrected chi connectivity index (χ0v) is 16.8. The number of ether oxygens (including phenoxy) is 1. The number of amides is 1. The molecular formula is C21H29N3O5. The molecule has 2 unspecified atom stereocenters. The number of carbonyl (C=O) groups excluding carboxylic acids is 2. The summed E-state index contributed by atoms with van der Waals surface area (Å²) >= 11 is 0. The molecule has 1 aliphatic heterocycles. The van der Waals surface area contributed by atoms with Crippen molar-refractivity contribution in [2.24, 2.45) is 11.8 Å². The number of para-hydroxylation sites is 2. The maximum atomic E-state index is 12.3. The minimum Gasteiger partial charge on any atom is -0.455 e. The Balaban J connectivity index is 1.44. The fourth-order valence-electron chi connectivity index (χ4n) is 4.28. The minimum absolute atomic E-state index is 0.0714. The Morgan fingerprint density at radius 1 is 1.17 bits per heavy atom. The van der Waals surface area contributed by atoms with Crippen LogP contribution in [-0.2, 0) is 14.3 Å². The molecule has 3 rings (SSSR count). The smallest absolute Gasteiger partial charge is 0.309 e. The maximum Gasteiger partial charge on any atom is 0.309 e. The number of nitro groups is 1. The van der Waals surface area contributed by atoms with Gasteiger partial charge in [0.2, 0.25) is 0 Å². The number of nitrogens with zero attached hydrogens (tertiary/aromatic N) is 2. The molecule has 1 aromatic rings. The van der Waals surface area contributed by atoms with E-state index in [1.54, 1.807) is 18.2 Å². The number of benzene rings is 1. The van der Waals surface area contributed by atoms with Crippen LogP contribution in [-0.4, -0.2) is 42.5 Å². The third-order valence-corrected chi connectivity index (χ3v) is 6.05. The third-order valence-electron chi connectivity index (χ3n) is 6.05. The van der Waals surface area contributed by atoms with Crippen LogP contribution < -0.4 is 10.2 Å². The van der Waals surface area contributed by atoms with E-state index in [2.05, 4.69) is 12.2 Å². The lowest BCUT2D eigenvalue weighted by Gasteiger charge is -2.32. The highest BCUT2D eigenvalue weighted by molar-refractivity contribution is 5.81. The molecule has 1 saturated heterocycles. The fourth-order valence-corrected chi connectivity index (χ4v) is 4.28. The standard InChI is InChI=1S/C21H29N3O5/c1-15-6-2-3-7-17(15)22-20(25)14-29-21(26)16-10-12-23(13-11-16)18-8-4-5-9-19(18)24(27)28/h4-5,8-9,15-17H,2-3,6-7,10-14H2,1H3,(H,22,25). The van der Waals surface area contributed by atoms with E-state index in [0.717, 1.165) is 19.3 Å². The van der Waals surface area contributed by atoms with Crippen LogP contribution in [0, 0.1) is 22.0 Å². The highest BCUT2D eigenvalue weighted by Gasteiger charge is 2.30. The number of piperidine rings is 1. The van der Waals surface area contributed by atoms with Crippen molar-refractivity contribution in [3.63, 3.8) is 0 Å². The van der Waals surface area contributed by atoms with Crippen molar-refractivity contribution in [2.45, 2.75) is 51.5 Å². The fraction of sp³-hybridized carbons (Fsp3) is 0.619. The van der Waals surface area contributed by atoms with Crippen molar-refractivity contribution in [3.8, 4) is 0 Å². The summed E-state index contributed by atoms with van der Waals surface area (Å²) in [5.41, 5.74) is 0.646. The molecule has 29 heavy (non-hydrogen) atoms. The van der Waals surface area contributed by atoms with Gasteiger partial charge in [-0.1, -0.05) is 31.9 Å². The van der Waals surface area contributed by atoms with Gasteiger partial charge in [-0.3, -0.25) is 19.7 Å². The molecule has 158 valence electrons. The molecule has 2 aliphatic rings. The van der Waals surface area contributed by atoms with Gasteiger partial charge < -0.3 is 15.0 Å². The van der Waals surface area contributed by atoms with Crippen LogP contribution in [0.15, 0.2) is 24.3 Å². The molecule has 2 fully saturated rings. The number of hydrogen-bond donors (Lipinski definition) is 1. The summed E-state index contributed by atoms with van der Waals surface area (Å²) in [6.07, 6.45) is 5.51. The number of esters is 1. The van der Waals surface area contributed by atoms with E-state index >= 15 is 0 Å². The van der Waals surface area contributed by atoms with E-state index in [1.807, 2.05) is 4.90 Å². The van der Waals surface area contributed by atoms with Gasteiger partial charge in [0.15, 0.2) is 6.61 Å². The van der Waals surface area contributed by atoms with Gasteiger partial charge in [-0.2, -0.15) is 0 Å². The summed E-state index contributed by atoms with van der Waals surface area (Å²) in [5.74, 6) is -0.432. The summed E-state index contributed by atoms with van der Waals surface area (Å²) in [6, 6.07) is 6.80. The first-order valence-corrected chi connectivity index (χ1v) is 10.4. The van der Waals surface area contributed by atoms with Crippen molar-refractivity contribution in [2.75, 3.05) is 24.6 Å². The van der Waals surface area contributed by atoms with Gasteiger partial charge in [-0.15, -0.1) is 0 Å². The van der Waals surface area contributed by atoms with Crippen molar-refractivity contribution in [3.05, 3.63) is 34.4 Å². The second-order valence-corrected chi connectivity index (χ2v) is 8.05. The second-order valence-electron chi connectivity index (χ2n) is 8.05. The van der Waals surface area contributed by atoms with Gasteiger partial charge >= 0.3 is 5.97 Å². The van der Waals surface area contributed by atoms with Gasteiger partial charge in [-0.25, -0.2) is 0 Å². The summed E-state index contributed by atoms with van der Waals surface area (Å²) in [4.78, 5) is 37.2. The molecule has 1 amide bonds. The van der Waals surface area contributed by atoms with Crippen molar-refractivity contribution in [1.82, 2.24) is 5.32 Å². The zero-order chi connectivity index (χ0) is 20.8. The van der Waals surface area contributed by atoms with E-state index in [0.29, 0.717) is 37.5 Å². The largest absolute Gasteiger partial charge is 0.455 e. The number of carbonyl (C=O) groups is 2. The highest BCUT2D eigenvalue weighted by atomic mass is 16.6. The zero-order valence-electron chi connectivity index (χ0n) is 16.8. The molecule has 1 heterocycles. The quantitative estimate of drug-likeness (QED) is 0.445. The van der Waals surface area contributed by atoms with Crippen LogP contribution in [0.4, 0.5) is 11.4 Å². The van der Waals surface area contributed by atoms with E-state index in [1.165, 1.54) is 12.5 Å². The minimum atomic E-state index is -0.387. The summed E-state index contributed by atoms with van der Waals surface area (Å²) in [5, 5.41) is 14.2. The van der Waals surface area contributed by atoms with Crippen LogP contribution in [0.5, 0.6) is 0 Å². The highest BCUT2D eigenvalue weighted by Crippen LogP contribution is 2.31. The molecule has 1 aromatic carbocycles. The Hall–Kier alpha value is -2.64. The number of hydrogen-bond acceptors (Lipinski definition) is 6. The van der Waals surface area contributed by atoms with Crippen LogP contribution in [0.1, 0.15) is 45.4 Å². The van der Waals surface area contributed by atoms with Gasteiger partial charge in [-0.05, 0) is 37.7 Å². The Labute approximate surface area is 170 Å². The predicted octanol–water partition coefficient (Wildman–Crippen LogP) is 3.05. The topological polar surface area (TPSA) is 102 Å². The molecule has 0 radical (unpaired) electrons. The van der Waals surface area contributed by atoms with Gasteiger partial charge in [0, 0.05) is 25.2 Å². The molecule has 1 aliphatic carbocycles. The van der Waals surface area contributed by atoms with Crippen molar-refractivity contribution < 1.29 is 19.2 Å². The lowest BCUT2D eigenvalue weighted by atomic mass is 9.86. The summed E-state index contributed by atoms with van der Waals surface area (Å²) in [7, 11) is 0. The molecule has 1 saturated carbocycles. The Morgan fingerprint density at radius 2 is 1.86 bits per heavy atom. The molecule has 8 nitrogen and oxygen atoms in total. The van der Waals surface area contributed by atoms with Crippen LogP contribution in [0.25, 0.3) is 0 Å². The molecule has 0 bridgehead atoms. The SMILES string of the molecule is CC1CCCCC1NC(=O)COC(=O)C1CCN(c2ccccc2[N+](=O)[O-])CC1. The average molecular weight is 403 g/mol. The Bertz CT molecular complexity index is 746. The van der Waals surface area contributed by atoms with Crippen molar-refractivity contribution in [1.29, 1.82) is 0 Å². The number of nitro benzene ring substituents is 1. The second kappa shape index (κ2) is 9.71.